The quantitative estimate of drug-likeness (QED) is 0.763. The highest BCUT2D eigenvalue weighted by Crippen LogP contribution is 2.38. The van der Waals surface area contributed by atoms with Crippen molar-refractivity contribution in [3.8, 4) is 12.3 Å². The monoisotopic (exact) mass is 370 g/mol. The van der Waals surface area contributed by atoms with Crippen molar-refractivity contribution in [3.05, 3.63) is 24.0 Å². The third kappa shape index (κ3) is 3.91. The molecule has 0 bridgehead atoms. The average molecular weight is 370 g/mol. The van der Waals surface area contributed by atoms with Gasteiger partial charge in [-0.3, -0.25) is 14.6 Å². The Bertz CT molecular complexity index is 759. The Morgan fingerprint density at radius 1 is 1.33 bits per heavy atom. The fourth-order valence-corrected chi connectivity index (χ4v) is 3.83. The number of rotatable bonds is 5. The summed E-state index contributed by atoms with van der Waals surface area (Å²) in [7, 11) is 1.78. The maximum absolute atomic E-state index is 13.1. The molecule has 1 aromatic rings. The summed E-state index contributed by atoms with van der Waals surface area (Å²) in [6.45, 7) is 4.02. The molecule has 2 saturated heterocycles. The number of terminal acetylenes is 1. The highest BCUT2D eigenvalue weighted by Gasteiger charge is 2.49. The lowest BCUT2D eigenvalue weighted by Crippen LogP contribution is -2.71. The minimum absolute atomic E-state index is 0.0781. The van der Waals surface area contributed by atoms with Crippen LogP contribution < -0.4 is 10.6 Å². The van der Waals surface area contributed by atoms with Crippen LogP contribution in [0.1, 0.15) is 36.5 Å². The third-order valence-corrected chi connectivity index (χ3v) is 5.42. The Morgan fingerprint density at radius 3 is 2.67 bits per heavy atom. The second-order valence-corrected chi connectivity index (χ2v) is 7.66. The Labute approximate surface area is 159 Å². The summed E-state index contributed by atoms with van der Waals surface area (Å²) in [5, 5.41) is 5.99. The van der Waals surface area contributed by atoms with Gasteiger partial charge in [-0.15, -0.1) is 12.3 Å². The number of amides is 2. The van der Waals surface area contributed by atoms with Crippen molar-refractivity contribution < 1.29 is 14.3 Å². The van der Waals surface area contributed by atoms with Crippen molar-refractivity contribution in [3.63, 3.8) is 0 Å². The second-order valence-electron chi connectivity index (χ2n) is 7.66. The van der Waals surface area contributed by atoms with E-state index in [1.165, 1.54) is 6.20 Å². The Balaban J connectivity index is 1.62. The lowest BCUT2D eigenvalue weighted by Gasteiger charge is -2.51. The van der Waals surface area contributed by atoms with E-state index in [-0.39, 0.29) is 11.8 Å². The number of anilines is 1. The molecule has 0 aliphatic carbocycles. The van der Waals surface area contributed by atoms with Crippen LogP contribution in [0.5, 0.6) is 0 Å². The molecule has 144 valence electrons. The molecule has 0 saturated carbocycles. The zero-order valence-corrected chi connectivity index (χ0v) is 15.9. The standard InChI is InChI=1S/C20H26N4O3/c1-4-5-20(6-8-27-9-7-20)18(26)24-13-19(2,14-24)23-17(25)15-10-16(21-3)12-22-11-15/h1,10-12,21H,5-9,13-14H2,2-3H3,(H,23,25). The number of nitrogens with one attached hydrogen (secondary N) is 2. The summed E-state index contributed by atoms with van der Waals surface area (Å²) in [6.07, 6.45) is 10.4. The van der Waals surface area contributed by atoms with Gasteiger partial charge in [0.2, 0.25) is 5.91 Å². The van der Waals surface area contributed by atoms with Crippen molar-refractivity contribution in [1.29, 1.82) is 0 Å². The number of pyridine rings is 1. The molecular weight excluding hydrogens is 344 g/mol. The van der Waals surface area contributed by atoms with E-state index in [1.54, 1.807) is 24.2 Å². The zero-order valence-electron chi connectivity index (χ0n) is 15.9. The van der Waals surface area contributed by atoms with E-state index in [9.17, 15) is 9.59 Å². The number of aromatic nitrogens is 1. The Hall–Kier alpha value is -2.59. The predicted molar refractivity (Wildman–Crippen MR) is 102 cm³/mol. The van der Waals surface area contributed by atoms with E-state index in [4.69, 9.17) is 11.2 Å². The molecule has 2 aliphatic heterocycles. The third-order valence-electron chi connectivity index (χ3n) is 5.42. The van der Waals surface area contributed by atoms with Gasteiger partial charge in [-0.05, 0) is 25.8 Å². The van der Waals surface area contributed by atoms with Crippen molar-refractivity contribution in [1.82, 2.24) is 15.2 Å². The van der Waals surface area contributed by atoms with Crippen LogP contribution in [-0.2, 0) is 9.53 Å². The molecule has 0 radical (unpaired) electrons. The van der Waals surface area contributed by atoms with E-state index in [0.717, 1.165) is 5.69 Å². The van der Waals surface area contributed by atoms with Crippen LogP contribution in [0, 0.1) is 17.8 Å². The Kier molecular flexibility index (Phi) is 5.38. The molecule has 7 heteroatoms. The first-order valence-corrected chi connectivity index (χ1v) is 9.17. The van der Waals surface area contributed by atoms with Crippen LogP contribution in [0.4, 0.5) is 5.69 Å². The molecule has 2 aliphatic rings. The van der Waals surface area contributed by atoms with Gasteiger partial charge in [0.15, 0.2) is 0 Å². The van der Waals surface area contributed by atoms with Gasteiger partial charge in [0, 0.05) is 52.2 Å². The van der Waals surface area contributed by atoms with Gasteiger partial charge >= 0.3 is 0 Å². The minimum atomic E-state index is -0.524. The topological polar surface area (TPSA) is 83.6 Å². The van der Waals surface area contributed by atoms with Gasteiger partial charge in [-0.2, -0.15) is 0 Å². The van der Waals surface area contributed by atoms with E-state index in [2.05, 4.69) is 21.5 Å². The molecule has 0 atom stereocenters. The Morgan fingerprint density at radius 2 is 2.04 bits per heavy atom. The maximum atomic E-state index is 13.1. The molecule has 0 unspecified atom stereocenters. The molecule has 2 amide bonds. The normalized spacial score (nSPS) is 20.1. The molecular formula is C20H26N4O3. The van der Waals surface area contributed by atoms with Crippen molar-refractivity contribution >= 4 is 17.5 Å². The fourth-order valence-electron chi connectivity index (χ4n) is 3.83. The van der Waals surface area contributed by atoms with Crippen LogP contribution in [0.2, 0.25) is 0 Å². The minimum Gasteiger partial charge on any atom is -0.387 e. The lowest BCUT2D eigenvalue weighted by atomic mass is 9.74. The summed E-state index contributed by atoms with van der Waals surface area (Å²) in [4.78, 5) is 31.5. The first kappa shape index (κ1) is 19.2. The van der Waals surface area contributed by atoms with E-state index in [1.807, 2.05) is 6.92 Å². The number of hydrogen-bond acceptors (Lipinski definition) is 5. The van der Waals surface area contributed by atoms with Gasteiger partial charge in [0.25, 0.3) is 5.91 Å². The van der Waals surface area contributed by atoms with Crippen LogP contribution in [-0.4, -0.2) is 60.6 Å². The van der Waals surface area contributed by atoms with Crippen LogP contribution in [0.3, 0.4) is 0 Å². The van der Waals surface area contributed by atoms with Crippen molar-refractivity contribution in [2.75, 3.05) is 38.7 Å². The molecule has 7 nitrogen and oxygen atoms in total. The largest absolute Gasteiger partial charge is 0.387 e. The zero-order chi connectivity index (χ0) is 19.5. The second kappa shape index (κ2) is 7.57. The van der Waals surface area contributed by atoms with Crippen LogP contribution >= 0.6 is 0 Å². The number of ether oxygens (including phenoxy) is 1. The van der Waals surface area contributed by atoms with E-state index < -0.39 is 11.0 Å². The smallest absolute Gasteiger partial charge is 0.253 e. The van der Waals surface area contributed by atoms with Gasteiger partial charge in [-0.1, -0.05) is 0 Å². The molecule has 2 N–H and O–H groups in total. The average Bonchev–Trinajstić information content (AvgIpc) is 2.66. The maximum Gasteiger partial charge on any atom is 0.253 e. The highest BCUT2D eigenvalue weighted by atomic mass is 16.5. The van der Waals surface area contributed by atoms with E-state index >= 15 is 0 Å². The van der Waals surface area contributed by atoms with Crippen molar-refractivity contribution in [2.45, 2.75) is 31.7 Å². The summed E-state index contributed by atoms with van der Waals surface area (Å²) in [6, 6.07) is 1.75. The molecule has 2 fully saturated rings. The highest BCUT2D eigenvalue weighted by molar-refractivity contribution is 5.95. The van der Waals surface area contributed by atoms with E-state index in [0.29, 0.717) is 51.1 Å². The fraction of sp³-hybridized carbons (Fsp3) is 0.550. The number of hydrogen-bond donors (Lipinski definition) is 2. The summed E-state index contributed by atoms with van der Waals surface area (Å²) in [5.41, 5.74) is 0.281. The SMILES string of the molecule is C#CCC1(C(=O)N2CC(C)(NC(=O)c3cncc(NC)c3)C2)CCOCC1. The van der Waals surface area contributed by atoms with Gasteiger partial charge in [0.1, 0.15) is 0 Å². The molecule has 0 spiro atoms. The van der Waals surface area contributed by atoms with Crippen molar-refractivity contribution in [2.24, 2.45) is 5.41 Å². The molecule has 3 heterocycles. The van der Waals surface area contributed by atoms with Crippen LogP contribution in [0.25, 0.3) is 0 Å². The molecule has 27 heavy (non-hydrogen) atoms. The summed E-state index contributed by atoms with van der Waals surface area (Å²) in [5.74, 6) is 2.54. The number of likely N-dealkylation sites (tertiary alicyclic amines) is 1. The van der Waals surface area contributed by atoms with Gasteiger partial charge < -0.3 is 20.3 Å². The summed E-state index contributed by atoms with van der Waals surface area (Å²) >= 11 is 0. The predicted octanol–water partition coefficient (Wildman–Crippen LogP) is 1.27. The van der Waals surface area contributed by atoms with Gasteiger partial charge in [-0.25, -0.2) is 0 Å². The first-order chi connectivity index (χ1) is 12.9. The summed E-state index contributed by atoms with van der Waals surface area (Å²) < 4.78 is 5.41. The molecule has 1 aromatic heterocycles. The molecule has 0 aromatic carbocycles. The van der Waals surface area contributed by atoms with Gasteiger partial charge in [0.05, 0.1) is 22.2 Å². The lowest BCUT2D eigenvalue weighted by molar-refractivity contribution is -0.155. The molecule has 3 rings (SSSR count). The number of carbonyl (C=O) groups is 2. The number of nitrogens with zero attached hydrogens (tertiary/aromatic N) is 2. The first-order valence-electron chi connectivity index (χ1n) is 9.17. The number of carbonyl (C=O) groups excluding carboxylic acids is 2. The van der Waals surface area contributed by atoms with Crippen LogP contribution in [0.15, 0.2) is 18.5 Å².